The molecule has 3 N–H and O–H groups in total. The highest BCUT2D eigenvalue weighted by Gasteiger charge is 2.59. The summed E-state index contributed by atoms with van der Waals surface area (Å²) in [7, 11) is -4.15. The molecule has 1 amide bonds. The number of alkyl halides is 3. The number of amides is 1. The maximum absolute atomic E-state index is 14.6. The van der Waals surface area contributed by atoms with Crippen LogP contribution < -0.4 is 14.9 Å². The molecule has 2 aliphatic heterocycles. The number of fused-ring (bicyclic) bond motifs is 2. The predicted octanol–water partition coefficient (Wildman–Crippen LogP) is 3.35. The van der Waals surface area contributed by atoms with Gasteiger partial charge in [0.25, 0.3) is 0 Å². The van der Waals surface area contributed by atoms with Crippen LogP contribution >= 0.6 is 0 Å². The van der Waals surface area contributed by atoms with E-state index in [0.29, 0.717) is 31.5 Å². The molecule has 0 aliphatic carbocycles. The molecule has 1 fully saturated rings. The van der Waals surface area contributed by atoms with E-state index in [0.717, 1.165) is 24.3 Å². The van der Waals surface area contributed by atoms with Gasteiger partial charge in [-0.15, -0.1) is 0 Å². The first kappa shape index (κ1) is 24.7. The van der Waals surface area contributed by atoms with Crippen LogP contribution in [0.5, 0.6) is 0 Å². The second kappa shape index (κ2) is 8.36. The minimum atomic E-state index is -4.64. The molecule has 1 atom stereocenters. The van der Waals surface area contributed by atoms with Gasteiger partial charge in [0, 0.05) is 11.6 Å². The van der Waals surface area contributed by atoms with Crippen molar-refractivity contribution < 1.29 is 35.2 Å². The van der Waals surface area contributed by atoms with Crippen molar-refractivity contribution in [3.63, 3.8) is 0 Å². The lowest BCUT2D eigenvalue weighted by atomic mass is 9.75. The molecule has 2 aromatic rings. The fourth-order valence-corrected chi connectivity index (χ4v) is 5.77. The third kappa shape index (κ3) is 4.23. The van der Waals surface area contributed by atoms with E-state index in [1.54, 1.807) is 0 Å². The van der Waals surface area contributed by atoms with Gasteiger partial charge in [0.1, 0.15) is 23.9 Å². The highest BCUT2D eigenvalue weighted by Crippen LogP contribution is 2.52. The Bertz CT molecular complexity index is 1220. The zero-order chi connectivity index (χ0) is 24.9. The van der Waals surface area contributed by atoms with Crippen LogP contribution in [0.2, 0.25) is 0 Å². The molecule has 1 saturated heterocycles. The van der Waals surface area contributed by atoms with Crippen molar-refractivity contribution in [3.8, 4) is 0 Å². The fourth-order valence-electron chi connectivity index (χ4n) is 5.23. The lowest BCUT2D eigenvalue weighted by Crippen LogP contribution is -2.58. The van der Waals surface area contributed by atoms with Crippen LogP contribution in [0.3, 0.4) is 0 Å². The van der Waals surface area contributed by atoms with Gasteiger partial charge < -0.3 is 5.32 Å². The highest BCUT2D eigenvalue weighted by molar-refractivity contribution is 7.89. The van der Waals surface area contributed by atoms with E-state index in [1.165, 1.54) is 12.1 Å². The second-order valence-corrected chi connectivity index (χ2v) is 10.4. The van der Waals surface area contributed by atoms with E-state index in [-0.39, 0.29) is 17.1 Å². The van der Waals surface area contributed by atoms with Crippen LogP contribution in [-0.4, -0.2) is 46.7 Å². The van der Waals surface area contributed by atoms with Crippen molar-refractivity contribution in [2.75, 3.05) is 26.2 Å². The maximum Gasteiger partial charge on any atom is 0.394 e. The van der Waals surface area contributed by atoms with Gasteiger partial charge in [-0.2, -0.15) is 13.2 Å². The largest absolute Gasteiger partial charge is 0.394 e. The molecular weight excluding hydrogens is 481 g/mol. The molecule has 2 aromatic carbocycles. The van der Waals surface area contributed by atoms with E-state index in [1.807, 2.05) is 0 Å². The normalized spacial score (nSPS) is 22.1. The molecule has 1 unspecified atom stereocenters. The summed E-state index contributed by atoms with van der Waals surface area (Å²) in [5.41, 5.74) is -1.32. The predicted molar refractivity (Wildman–Crippen MR) is 114 cm³/mol. The molecule has 0 saturated carbocycles. The molecule has 184 valence electrons. The van der Waals surface area contributed by atoms with Gasteiger partial charge in [-0.25, -0.2) is 31.6 Å². The van der Waals surface area contributed by atoms with Crippen LogP contribution in [0.15, 0.2) is 41.3 Å². The zero-order valence-electron chi connectivity index (χ0n) is 18.0. The Morgan fingerprint density at radius 1 is 1.09 bits per heavy atom. The lowest BCUT2D eigenvalue weighted by Gasteiger charge is -2.37. The van der Waals surface area contributed by atoms with Crippen LogP contribution in [-0.2, 0) is 15.4 Å². The van der Waals surface area contributed by atoms with Crippen LogP contribution in [0.4, 0.5) is 27.6 Å². The lowest BCUT2D eigenvalue weighted by molar-refractivity contribution is -0.136. The molecule has 34 heavy (non-hydrogen) atoms. The standard InChI is InChI=1S/C22H23F5N3O3S/c23-16-2-1-3-17(24)19(16)20(31)30(11-8-22(25,26)27)13-21(6-9-29-10-7-21)15-12-14(34(28,32)33)4-5-18(15)30/h1-5,12,29H,6-11,13H2,(H2,28,32,33)/q+1. The number of quaternary nitrogens is 1. The third-order valence-electron chi connectivity index (χ3n) is 6.80. The molecule has 1 spiro atoms. The minimum Gasteiger partial charge on any atom is -0.317 e. The van der Waals surface area contributed by atoms with Crippen molar-refractivity contribution >= 4 is 21.6 Å². The molecule has 0 bridgehead atoms. The quantitative estimate of drug-likeness (QED) is 0.494. The van der Waals surface area contributed by atoms with Crippen molar-refractivity contribution in [1.82, 2.24) is 9.80 Å². The Morgan fingerprint density at radius 3 is 2.26 bits per heavy atom. The third-order valence-corrected chi connectivity index (χ3v) is 7.72. The zero-order valence-corrected chi connectivity index (χ0v) is 18.8. The van der Waals surface area contributed by atoms with E-state index >= 15 is 0 Å². The van der Waals surface area contributed by atoms with E-state index < -0.39 is 62.2 Å². The first-order valence-electron chi connectivity index (χ1n) is 10.6. The smallest absolute Gasteiger partial charge is 0.317 e. The van der Waals surface area contributed by atoms with Crippen LogP contribution in [0.25, 0.3) is 0 Å². The molecule has 2 heterocycles. The van der Waals surface area contributed by atoms with Crippen LogP contribution in [0.1, 0.15) is 35.2 Å². The summed E-state index contributed by atoms with van der Waals surface area (Å²) in [6, 6.07) is 6.45. The number of piperidine rings is 1. The fraction of sp³-hybridized carbons (Fsp3) is 0.409. The topological polar surface area (TPSA) is 89.3 Å². The first-order valence-corrected chi connectivity index (χ1v) is 12.2. The van der Waals surface area contributed by atoms with Crippen LogP contribution in [0, 0.1) is 11.6 Å². The van der Waals surface area contributed by atoms with E-state index in [9.17, 15) is 35.2 Å². The van der Waals surface area contributed by atoms with E-state index in [4.69, 9.17) is 5.14 Å². The Labute approximate surface area is 193 Å². The number of nitrogens with zero attached hydrogens (tertiary/aromatic N) is 1. The SMILES string of the molecule is NS(=O)(=O)c1ccc2c(c1)C1(CCNCC1)C[N+]2(CCC(F)(F)F)C(=O)c1c(F)cccc1F. The average Bonchev–Trinajstić information content (AvgIpc) is 3.01. The Morgan fingerprint density at radius 2 is 1.71 bits per heavy atom. The molecule has 2 aliphatic rings. The number of hydrogen-bond acceptors (Lipinski definition) is 4. The number of rotatable bonds is 4. The van der Waals surface area contributed by atoms with Crippen molar-refractivity contribution in [3.05, 3.63) is 59.2 Å². The van der Waals surface area contributed by atoms with Gasteiger partial charge in [-0.05, 0) is 50.2 Å². The highest BCUT2D eigenvalue weighted by atomic mass is 32.2. The summed E-state index contributed by atoms with van der Waals surface area (Å²) in [5.74, 6) is -3.49. The number of carbonyl (C=O) groups is 1. The molecule has 4 rings (SSSR count). The summed E-state index contributed by atoms with van der Waals surface area (Å²) in [5, 5.41) is 8.42. The number of benzene rings is 2. The molecule has 0 aromatic heterocycles. The summed E-state index contributed by atoms with van der Waals surface area (Å²) in [6.07, 6.45) is -5.22. The summed E-state index contributed by atoms with van der Waals surface area (Å²) in [6.45, 7) is -0.0189. The summed E-state index contributed by atoms with van der Waals surface area (Å²) >= 11 is 0. The molecule has 12 heteroatoms. The van der Waals surface area contributed by atoms with E-state index in [2.05, 4.69) is 5.32 Å². The average molecular weight is 505 g/mol. The summed E-state index contributed by atoms with van der Waals surface area (Å²) in [4.78, 5) is 13.5. The molecule has 0 radical (unpaired) electrons. The Balaban J connectivity index is 1.98. The van der Waals surface area contributed by atoms with Gasteiger partial charge in [0.05, 0.1) is 23.3 Å². The van der Waals surface area contributed by atoms with Gasteiger partial charge >= 0.3 is 12.1 Å². The Kier molecular flexibility index (Phi) is 6.08. The van der Waals surface area contributed by atoms with Gasteiger partial charge in [0.2, 0.25) is 10.0 Å². The Hall–Kier alpha value is -2.41. The van der Waals surface area contributed by atoms with Gasteiger partial charge in [-0.1, -0.05) is 6.07 Å². The van der Waals surface area contributed by atoms with Crippen molar-refractivity contribution in [1.29, 1.82) is 0 Å². The van der Waals surface area contributed by atoms with Gasteiger partial charge in [0.15, 0.2) is 5.56 Å². The van der Waals surface area contributed by atoms with Crippen molar-refractivity contribution in [2.24, 2.45) is 5.14 Å². The molecule has 6 nitrogen and oxygen atoms in total. The van der Waals surface area contributed by atoms with Gasteiger partial charge in [-0.3, -0.25) is 0 Å². The monoisotopic (exact) mass is 504 g/mol. The molecular formula is C22H23F5N3O3S+. The number of primary sulfonamides is 1. The number of hydrogen-bond donors (Lipinski definition) is 2. The number of nitrogens with two attached hydrogens (primary N) is 1. The number of halogens is 5. The maximum atomic E-state index is 14.6. The first-order chi connectivity index (χ1) is 15.8. The van der Waals surface area contributed by atoms with Crippen molar-refractivity contribution in [2.45, 2.75) is 35.7 Å². The number of carbonyl (C=O) groups excluding carboxylic acids is 1. The minimum absolute atomic E-state index is 0.103. The number of sulfonamides is 1. The summed E-state index contributed by atoms with van der Waals surface area (Å²) < 4.78 is 92.4. The number of nitrogens with one attached hydrogen (secondary N) is 1. The second-order valence-electron chi connectivity index (χ2n) is 8.87.